The molecule has 1 N–H and O–H groups in total. The first-order valence-electron chi connectivity index (χ1n) is 10.4. The summed E-state index contributed by atoms with van der Waals surface area (Å²) < 4.78 is 2.10. The van der Waals surface area contributed by atoms with Crippen LogP contribution in [0.15, 0.2) is 41.4 Å². The number of guanidine groups is 1. The third-order valence-electron chi connectivity index (χ3n) is 5.18. The van der Waals surface area contributed by atoms with Crippen molar-refractivity contribution >= 4 is 35.6 Å². The zero-order valence-electron chi connectivity index (χ0n) is 18.1. The minimum atomic E-state index is 0. The lowest BCUT2D eigenvalue weighted by Crippen LogP contribution is -2.52. The molecule has 0 spiro atoms. The standard InChI is InChI=1S/C22H34N6.HI/c1-5-23-22(24-16-18(2)17-28-20(4)15-19(3)25-28)27-13-11-26(12-14-27)21-9-7-6-8-10-21;/h6-10,15,18H,5,11-14,16-17H2,1-4H3,(H,23,24);1H. The number of rotatable bonds is 6. The molecule has 0 saturated carbocycles. The maximum atomic E-state index is 4.94. The third kappa shape index (κ3) is 6.62. The van der Waals surface area contributed by atoms with Crippen molar-refractivity contribution in [2.75, 3.05) is 44.2 Å². The van der Waals surface area contributed by atoms with Crippen LogP contribution in [0.2, 0.25) is 0 Å². The largest absolute Gasteiger partial charge is 0.368 e. The van der Waals surface area contributed by atoms with Crippen molar-refractivity contribution in [1.82, 2.24) is 20.0 Å². The topological polar surface area (TPSA) is 48.7 Å². The molecule has 6 nitrogen and oxygen atoms in total. The average molecular weight is 510 g/mol. The van der Waals surface area contributed by atoms with Gasteiger partial charge in [0.2, 0.25) is 0 Å². The molecule has 1 aliphatic rings. The molecule has 160 valence electrons. The van der Waals surface area contributed by atoms with Gasteiger partial charge >= 0.3 is 0 Å². The summed E-state index contributed by atoms with van der Waals surface area (Å²) >= 11 is 0. The Bertz CT molecular complexity index is 765. The second kappa shape index (κ2) is 11.4. The molecule has 0 amide bonds. The Balaban J connectivity index is 0.00000300. The van der Waals surface area contributed by atoms with E-state index < -0.39 is 0 Å². The average Bonchev–Trinajstić information content (AvgIpc) is 3.02. The molecule has 0 radical (unpaired) electrons. The van der Waals surface area contributed by atoms with Gasteiger partial charge in [-0.2, -0.15) is 5.10 Å². The molecular weight excluding hydrogens is 475 g/mol. The van der Waals surface area contributed by atoms with Crippen LogP contribution >= 0.6 is 24.0 Å². The summed E-state index contributed by atoms with van der Waals surface area (Å²) in [6.45, 7) is 15.2. The molecule has 1 unspecified atom stereocenters. The van der Waals surface area contributed by atoms with Crippen molar-refractivity contribution in [2.45, 2.75) is 34.2 Å². The number of hydrogen-bond donors (Lipinski definition) is 1. The van der Waals surface area contributed by atoms with E-state index in [1.54, 1.807) is 0 Å². The van der Waals surface area contributed by atoms with E-state index in [0.717, 1.165) is 57.5 Å². The summed E-state index contributed by atoms with van der Waals surface area (Å²) in [5.74, 6) is 1.48. The third-order valence-corrected chi connectivity index (χ3v) is 5.18. The highest BCUT2D eigenvalue weighted by Crippen LogP contribution is 2.15. The second-order valence-corrected chi connectivity index (χ2v) is 7.72. The number of piperazine rings is 1. The molecule has 0 bridgehead atoms. The molecule has 3 rings (SSSR count). The van der Waals surface area contributed by atoms with E-state index in [0.29, 0.717) is 5.92 Å². The number of benzene rings is 1. The lowest BCUT2D eigenvalue weighted by molar-refractivity contribution is 0.369. The van der Waals surface area contributed by atoms with Crippen molar-refractivity contribution in [2.24, 2.45) is 10.9 Å². The molecule has 2 heterocycles. The monoisotopic (exact) mass is 510 g/mol. The molecule has 1 fully saturated rings. The highest BCUT2D eigenvalue weighted by Gasteiger charge is 2.20. The Hall–Kier alpha value is -1.77. The van der Waals surface area contributed by atoms with Crippen molar-refractivity contribution in [3.05, 3.63) is 47.8 Å². The number of aryl methyl sites for hydroxylation is 2. The molecule has 0 aliphatic carbocycles. The molecule has 29 heavy (non-hydrogen) atoms. The number of para-hydroxylation sites is 1. The SMILES string of the molecule is CCNC(=NCC(C)Cn1nc(C)cc1C)N1CCN(c2ccccc2)CC1.I. The zero-order chi connectivity index (χ0) is 19.9. The second-order valence-electron chi connectivity index (χ2n) is 7.72. The van der Waals surface area contributed by atoms with Crippen LogP contribution < -0.4 is 10.2 Å². The molecule has 1 aromatic heterocycles. The number of aliphatic imine (C=N–C) groups is 1. The van der Waals surface area contributed by atoms with E-state index in [-0.39, 0.29) is 24.0 Å². The van der Waals surface area contributed by atoms with Crippen LogP contribution in [0.25, 0.3) is 0 Å². The Morgan fingerprint density at radius 1 is 1.14 bits per heavy atom. The normalized spacial score (nSPS) is 15.8. The maximum absolute atomic E-state index is 4.94. The van der Waals surface area contributed by atoms with Crippen molar-refractivity contribution in [3.8, 4) is 0 Å². The van der Waals surface area contributed by atoms with Crippen LogP contribution in [0.4, 0.5) is 5.69 Å². The van der Waals surface area contributed by atoms with Gasteiger partial charge < -0.3 is 15.1 Å². The van der Waals surface area contributed by atoms with Gasteiger partial charge in [0, 0.05) is 57.2 Å². The highest BCUT2D eigenvalue weighted by molar-refractivity contribution is 14.0. The van der Waals surface area contributed by atoms with Crippen LogP contribution in [0, 0.1) is 19.8 Å². The summed E-state index contributed by atoms with van der Waals surface area (Å²) in [4.78, 5) is 9.78. The molecule has 2 aromatic rings. The first-order valence-corrected chi connectivity index (χ1v) is 10.4. The van der Waals surface area contributed by atoms with Crippen LogP contribution in [0.5, 0.6) is 0 Å². The predicted octanol–water partition coefficient (Wildman–Crippen LogP) is 3.54. The van der Waals surface area contributed by atoms with Gasteiger partial charge in [0.1, 0.15) is 0 Å². The summed E-state index contributed by atoms with van der Waals surface area (Å²) in [6.07, 6.45) is 0. The van der Waals surface area contributed by atoms with Gasteiger partial charge in [-0.25, -0.2) is 0 Å². The lowest BCUT2D eigenvalue weighted by atomic mass is 10.2. The molecular formula is C22H35IN6. The van der Waals surface area contributed by atoms with E-state index in [2.05, 4.69) is 82.1 Å². The van der Waals surface area contributed by atoms with Gasteiger partial charge in [-0.3, -0.25) is 9.67 Å². The fourth-order valence-corrected chi connectivity index (χ4v) is 3.70. The number of nitrogens with zero attached hydrogens (tertiary/aromatic N) is 5. The summed E-state index contributed by atoms with van der Waals surface area (Å²) in [6, 6.07) is 12.8. The Kier molecular flexibility index (Phi) is 9.26. The summed E-state index contributed by atoms with van der Waals surface area (Å²) in [7, 11) is 0. The van der Waals surface area contributed by atoms with Gasteiger partial charge in [-0.05, 0) is 44.9 Å². The van der Waals surface area contributed by atoms with Crippen LogP contribution in [-0.2, 0) is 6.54 Å². The van der Waals surface area contributed by atoms with Crippen LogP contribution in [0.3, 0.4) is 0 Å². The van der Waals surface area contributed by atoms with Gasteiger partial charge in [0.15, 0.2) is 5.96 Å². The minimum absolute atomic E-state index is 0. The number of hydrogen-bond acceptors (Lipinski definition) is 3. The first-order chi connectivity index (χ1) is 13.6. The van der Waals surface area contributed by atoms with Gasteiger partial charge in [-0.15, -0.1) is 24.0 Å². The molecule has 7 heteroatoms. The molecule has 1 aliphatic heterocycles. The van der Waals surface area contributed by atoms with E-state index in [9.17, 15) is 0 Å². The predicted molar refractivity (Wildman–Crippen MR) is 132 cm³/mol. The first kappa shape index (κ1) is 23.5. The van der Waals surface area contributed by atoms with Crippen molar-refractivity contribution in [1.29, 1.82) is 0 Å². The zero-order valence-corrected chi connectivity index (χ0v) is 20.5. The van der Waals surface area contributed by atoms with Crippen LogP contribution in [-0.4, -0.2) is 59.9 Å². The van der Waals surface area contributed by atoms with E-state index in [4.69, 9.17) is 4.99 Å². The number of anilines is 1. The fraction of sp³-hybridized carbons (Fsp3) is 0.545. The Morgan fingerprint density at radius 3 is 2.41 bits per heavy atom. The number of nitrogens with one attached hydrogen (secondary N) is 1. The number of halogens is 1. The molecule has 1 saturated heterocycles. The molecule has 1 aromatic carbocycles. The summed E-state index contributed by atoms with van der Waals surface area (Å²) in [5, 5.41) is 8.05. The van der Waals surface area contributed by atoms with E-state index in [1.807, 2.05) is 6.92 Å². The maximum Gasteiger partial charge on any atom is 0.194 e. The minimum Gasteiger partial charge on any atom is -0.368 e. The van der Waals surface area contributed by atoms with Gasteiger partial charge in [0.05, 0.1) is 5.69 Å². The van der Waals surface area contributed by atoms with Crippen molar-refractivity contribution in [3.63, 3.8) is 0 Å². The Morgan fingerprint density at radius 2 is 1.83 bits per heavy atom. The smallest absolute Gasteiger partial charge is 0.194 e. The van der Waals surface area contributed by atoms with Gasteiger partial charge in [-0.1, -0.05) is 25.1 Å². The Labute approximate surface area is 192 Å². The van der Waals surface area contributed by atoms with Crippen molar-refractivity contribution < 1.29 is 0 Å². The van der Waals surface area contributed by atoms with E-state index >= 15 is 0 Å². The highest BCUT2D eigenvalue weighted by atomic mass is 127. The molecule has 1 atom stereocenters. The van der Waals surface area contributed by atoms with Crippen LogP contribution in [0.1, 0.15) is 25.2 Å². The lowest BCUT2D eigenvalue weighted by Gasteiger charge is -2.37. The van der Waals surface area contributed by atoms with Gasteiger partial charge in [0.25, 0.3) is 0 Å². The quantitative estimate of drug-likeness (QED) is 0.367. The number of aromatic nitrogens is 2. The van der Waals surface area contributed by atoms with E-state index in [1.165, 1.54) is 11.4 Å². The summed E-state index contributed by atoms with van der Waals surface area (Å²) in [5.41, 5.74) is 3.61. The fourth-order valence-electron chi connectivity index (χ4n) is 3.70.